The molecular formula is C12H18ClN3. The molecule has 1 aliphatic heterocycles. The van der Waals surface area contributed by atoms with Crippen molar-refractivity contribution in [2.45, 2.75) is 13.0 Å². The first-order valence-electron chi connectivity index (χ1n) is 5.76. The van der Waals surface area contributed by atoms with Gasteiger partial charge in [-0.1, -0.05) is 17.7 Å². The van der Waals surface area contributed by atoms with E-state index in [2.05, 4.69) is 27.9 Å². The van der Waals surface area contributed by atoms with Crippen molar-refractivity contribution >= 4 is 11.6 Å². The van der Waals surface area contributed by atoms with Gasteiger partial charge in [0.15, 0.2) is 0 Å². The maximum absolute atomic E-state index is 6.06. The number of hydrogen-bond acceptors (Lipinski definition) is 3. The molecule has 16 heavy (non-hydrogen) atoms. The molecule has 0 aromatic carbocycles. The summed E-state index contributed by atoms with van der Waals surface area (Å²) >= 11 is 6.06. The zero-order valence-electron chi connectivity index (χ0n) is 9.69. The Bertz CT molecular complexity index is 343. The molecule has 0 unspecified atom stereocenters. The molecule has 3 nitrogen and oxygen atoms in total. The van der Waals surface area contributed by atoms with Gasteiger partial charge in [-0.25, -0.2) is 4.98 Å². The van der Waals surface area contributed by atoms with Crippen LogP contribution in [-0.4, -0.2) is 48.0 Å². The SMILES string of the molecule is CN1CCCN(Cc2cccnc2Cl)CC1. The van der Waals surface area contributed by atoms with E-state index >= 15 is 0 Å². The average Bonchev–Trinajstić information content (AvgIpc) is 2.47. The van der Waals surface area contributed by atoms with E-state index in [1.165, 1.54) is 13.0 Å². The third kappa shape index (κ3) is 3.17. The topological polar surface area (TPSA) is 19.4 Å². The summed E-state index contributed by atoms with van der Waals surface area (Å²) in [5.74, 6) is 0. The fraction of sp³-hybridized carbons (Fsp3) is 0.583. The molecule has 0 amide bonds. The quantitative estimate of drug-likeness (QED) is 0.735. The van der Waals surface area contributed by atoms with Gasteiger partial charge in [0.05, 0.1) is 0 Å². The zero-order valence-corrected chi connectivity index (χ0v) is 10.5. The van der Waals surface area contributed by atoms with Crippen molar-refractivity contribution < 1.29 is 0 Å². The first-order chi connectivity index (χ1) is 7.75. The highest BCUT2D eigenvalue weighted by Gasteiger charge is 2.13. The Morgan fingerprint density at radius 2 is 2.19 bits per heavy atom. The van der Waals surface area contributed by atoms with E-state index in [9.17, 15) is 0 Å². The Hall–Kier alpha value is -0.640. The van der Waals surface area contributed by atoms with Gasteiger partial charge in [0, 0.05) is 31.4 Å². The van der Waals surface area contributed by atoms with Crippen molar-refractivity contribution in [1.29, 1.82) is 0 Å². The molecular weight excluding hydrogens is 222 g/mol. The lowest BCUT2D eigenvalue weighted by atomic mass is 10.2. The van der Waals surface area contributed by atoms with Crippen LogP contribution in [0.4, 0.5) is 0 Å². The number of aromatic nitrogens is 1. The predicted molar refractivity (Wildman–Crippen MR) is 66.6 cm³/mol. The standard InChI is InChI=1S/C12H18ClN3/c1-15-6-3-7-16(9-8-15)10-11-4-2-5-14-12(11)13/h2,4-5H,3,6-10H2,1H3. The lowest BCUT2D eigenvalue weighted by Crippen LogP contribution is -2.28. The van der Waals surface area contributed by atoms with Crippen LogP contribution in [0.3, 0.4) is 0 Å². The van der Waals surface area contributed by atoms with Crippen LogP contribution in [0.5, 0.6) is 0 Å². The summed E-state index contributed by atoms with van der Waals surface area (Å²) in [6, 6.07) is 4.01. The number of nitrogens with zero attached hydrogens (tertiary/aromatic N) is 3. The molecule has 0 atom stereocenters. The molecule has 0 N–H and O–H groups in total. The summed E-state index contributed by atoms with van der Waals surface area (Å²) in [5.41, 5.74) is 1.13. The van der Waals surface area contributed by atoms with Gasteiger partial charge in [-0.3, -0.25) is 4.90 Å². The van der Waals surface area contributed by atoms with E-state index in [0.29, 0.717) is 5.15 Å². The first-order valence-corrected chi connectivity index (χ1v) is 6.14. The van der Waals surface area contributed by atoms with Crippen LogP contribution >= 0.6 is 11.6 Å². The molecule has 2 heterocycles. The van der Waals surface area contributed by atoms with Crippen LogP contribution in [0.1, 0.15) is 12.0 Å². The molecule has 2 rings (SSSR count). The van der Waals surface area contributed by atoms with Gasteiger partial charge in [0.2, 0.25) is 0 Å². The smallest absolute Gasteiger partial charge is 0.133 e. The van der Waals surface area contributed by atoms with Crippen molar-refractivity contribution in [3.05, 3.63) is 29.0 Å². The Morgan fingerprint density at radius 3 is 3.00 bits per heavy atom. The fourth-order valence-corrected chi connectivity index (χ4v) is 2.22. The second-order valence-electron chi connectivity index (χ2n) is 4.39. The average molecular weight is 240 g/mol. The van der Waals surface area contributed by atoms with Crippen LogP contribution in [-0.2, 0) is 6.54 Å². The van der Waals surface area contributed by atoms with Crippen LogP contribution in [0.15, 0.2) is 18.3 Å². The third-order valence-electron chi connectivity index (χ3n) is 3.04. The largest absolute Gasteiger partial charge is 0.305 e. The number of pyridine rings is 1. The molecule has 1 aromatic heterocycles. The van der Waals surface area contributed by atoms with Gasteiger partial charge < -0.3 is 4.90 Å². The maximum atomic E-state index is 6.06. The van der Waals surface area contributed by atoms with Crippen molar-refractivity contribution in [2.75, 3.05) is 33.2 Å². The summed E-state index contributed by atoms with van der Waals surface area (Å²) in [7, 11) is 2.18. The molecule has 0 saturated carbocycles. The van der Waals surface area contributed by atoms with E-state index in [1.807, 2.05) is 6.07 Å². The van der Waals surface area contributed by atoms with Crippen LogP contribution in [0, 0.1) is 0 Å². The highest BCUT2D eigenvalue weighted by atomic mass is 35.5. The fourth-order valence-electron chi connectivity index (χ4n) is 2.04. The van der Waals surface area contributed by atoms with Crippen molar-refractivity contribution in [3.8, 4) is 0 Å². The number of likely N-dealkylation sites (N-methyl/N-ethyl adjacent to an activating group) is 1. The summed E-state index contributed by atoms with van der Waals surface area (Å²) in [4.78, 5) is 8.94. The minimum absolute atomic E-state index is 0.639. The molecule has 1 aromatic rings. The van der Waals surface area contributed by atoms with Crippen molar-refractivity contribution in [3.63, 3.8) is 0 Å². The van der Waals surface area contributed by atoms with Crippen LogP contribution in [0.2, 0.25) is 5.15 Å². The van der Waals surface area contributed by atoms with Crippen LogP contribution in [0.25, 0.3) is 0 Å². The normalized spacial score (nSPS) is 19.6. The van der Waals surface area contributed by atoms with Crippen molar-refractivity contribution in [2.24, 2.45) is 0 Å². The lowest BCUT2D eigenvalue weighted by Gasteiger charge is -2.20. The molecule has 0 aliphatic carbocycles. The highest BCUT2D eigenvalue weighted by Crippen LogP contribution is 2.15. The summed E-state index contributed by atoms with van der Waals surface area (Å²) < 4.78 is 0. The van der Waals surface area contributed by atoms with Gasteiger partial charge >= 0.3 is 0 Å². The van der Waals surface area contributed by atoms with Gasteiger partial charge in [0.25, 0.3) is 0 Å². The second kappa shape index (κ2) is 5.62. The van der Waals surface area contributed by atoms with E-state index in [4.69, 9.17) is 11.6 Å². The number of rotatable bonds is 2. The Morgan fingerprint density at radius 1 is 1.31 bits per heavy atom. The third-order valence-corrected chi connectivity index (χ3v) is 3.38. The van der Waals surface area contributed by atoms with E-state index in [-0.39, 0.29) is 0 Å². The Balaban J connectivity index is 1.96. The van der Waals surface area contributed by atoms with Gasteiger partial charge in [-0.2, -0.15) is 0 Å². The minimum atomic E-state index is 0.639. The summed E-state index contributed by atoms with van der Waals surface area (Å²) in [6.45, 7) is 5.51. The molecule has 1 fully saturated rings. The molecule has 1 aliphatic rings. The zero-order chi connectivity index (χ0) is 11.4. The monoisotopic (exact) mass is 239 g/mol. The molecule has 0 bridgehead atoms. The molecule has 0 radical (unpaired) electrons. The van der Waals surface area contributed by atoms with E-state index < -0.39 is 0 Å². The minimum Gasteiger partial charge on any atom is -0.305 e. The summed E-state index contributed by atoms with van der Waals surface area (Å²) in [6.07, 6.45) is 2.97. The lowest BCUT2D eigenvalue weighted by molar-refractivity contribution is 0.269. The number of halogens is 1. The molecule has 1 saturated heterocycles. The predicted octanol–water partition coefficient (Wildman–Crippen LogP) is 1.87. The van der Waals surface area contributed by atoms with E-state index in [1.54, 1.807) is 6.20 Å². The van der Waals surface area contributed by atoms with Gasteiger partial charge in [0.1, 0.15) is 5.15 Å². The van der Waals surface area contributed by atoms with Gasteiger partial charge in [-0.15, -0.1) is 0 Å². The molecule has 4 heteroatoms. The van der Waals surface area contributed by atoms with Gasteiger partial charge in [-0.05, 0) is 32.6 Å². The Labute approximate surface area is 102 Å². The Kier molecular flexibility index (Phi) is 4.16. The van der Waals surface area contributed by atoms with Crippen molar-refractivity contribution in [1.82, 2.24) is 14.8 Å². The highest BCUT2D eigenvalue weighted by molar-refractivity contribution is 6.30. The molecule has 88 valence electrons. The second-order valence-corrected chi connectivity index (χ2v) is 4.74. The summed E-state index contributed by atoms with van der Waals surface area (Å²) in [5, 5.41) is 0.639. The number of hydrogen-bond donors (Lipinski definition) is 0. The first kappa shape index (κ1) is 11.8. The maximum Gasteiger partial charge on any atom is 0.133 e. The van der Waals surface area contributed by atoms with Crippen LogP contribution < -0.4 is 0 Å². The van der Waals surface area contributed by atoms with E-state index in [0.717, 1.165) is 31.7 Å². The molecule has 0 spiro atoms.